The molecule has 3 aromatic carbocycles. The molecule has 1 aromatic heterocycles. The first-order chi connectivity index (χ1) is 13.4. The molecule has 0 spiro atoms. The Morgan fingerprint density at radius 1 is 0.852 bits per heavy atom. The van der Waals surface area contributed by atoms with E-state index in [1.807, 2.05) is 12.1 Å². The zero-order valence-corrected chi connectivity index (χ0v) is 15.1. The van der Waals surface area contributed by atoms with Crippen LogP contribution in [0, 0.1) is 0 Å². The molecule has 0 saturated heterocycles. The fraction of sp³-hybridized carbons (Fsp3) is 0.167. The number of fused-ring (bicyclic) bond motifs is 2. The molecular weight excluding hydrogens is 330 g/mol. The van der Waals surface area contributed by atoms with Gasteiger partial charge in [0.1, 0.15) is 0 Å². The monoisotopic (exact) mass is 351 g/mol. The molecule has 5 rings (SSSR count). The van der Waals surface area contributed by atoms with Gasteiger partial charge in [0.25, 0.3) is 0 Å². The molecule has 1 unspecified atom stereocenters. The van der Waals surface area contributed by atoms with E-state index in [1.165, 1.54) is 27.5 Å². The SMILES string of the molecule is c1cnnc(-c2ccc3c(c2)C(c2ccc4ccccc4c2)NCCC3)c1. The van der Waals surface area contributed by atoms with E-state index in [-0.39, 0.29) is 6.04 Å². The lowest BCUT2D eigenvalue weighted by Gasteiger charge is -2.21. The Labute approximate surface area is 159 Å². The van der Waals surface area contributed by atoms with Crippen LogP contribution in [0.1, 0.15) is 29.2 Å². The van der Waals surface area contributed by atoms with E-state index in [1.54, 1.807) is 6.20 Å². The van der Waals surface area contributed by atoms with Crippen molar-refractivity contribution in [3.63, 3.8) is 0 Å². The Hall–Kier alpha value is -3.04. The second-order valence-corrected chi connectivity index (χ2v) is 7.12. The molecule has 3 nitrogen and oxygen atoms in total. The zero-order chi connectivity index (χ0) is 18.1. The maximum absolute atomic E-state index is 4.29. The summed E-state index contributed by atoms with van der Waals surface area (Å²) in [7, 11) is 0. The number of hydrogen-bond acceptors (Lipinski definition) is 3. The Bertz CT molecular complexity index is 1090. The summed E-state index contributed by atoms with van der Waals surface area (Å²) in [5, 5.41) is 14.7. The predicted octanol–water partition coefficient (Wildman–Crippen LogP) is 4.92. The minimum atomic E-state index is 0.198. The van der Waals surface area contributed by atoms with E-state index in [0.29, 0.717) is 0 Å². The van der Waals surface area contributed by atoms with Crippen LogP contribution in [-0.2, 0) is 6.42 Å². The number of aryl methyl sites for hydroxylation is 1. The van der Waals surface area contributed by atoms with Gasteiger partial charge >= 0.3 is 0 Å². The standard InChI is InChI=1S/C24H21N3/c1-2-6-19-15-21(12-9-17(19)5-1)24-22-16-20(23-8-4-14-26-27-23)11-10-18(22)7-3-13-25-24/h1-2,4-6,8-12,14-16,24-25H,3,7,13H2. The smallest absolute Gasteiger partial charge is 0.0929 e. The summed E-state index contributed by atoms with van der Waals surface area (Å²) < 4.78 is 0. The largest absolute Gasteiger partial charge is 0.306 e. The Morgan fingerprint density at radius 2 is 1.78 bits per heavy atom. The fourth-order valence-electron chi connectivity index (χ4n) is 4.03. The molecule has 27 heavy (non-hydrogen) atoms. The minimum absolute atomic E-state index is 0.198. The van der Waals surface area contributed by atoms with Gasteiger partial charge < -0.3 is 5.32 Å². The van der Waals surface area contributed by atoms with Crippen LogP contribution in [0.3, 0.4) is 0 Å². The molecule has 2 heterocycles. The molecule has 3 heteroatoms. The molecular formula is C24H21N3. The van der Waals surface area contributed by atoms with Crippen LogP contribution in [0.15, 0.2) is 79.0 Å². The van der Waals surface area contributed by atoms with Gasteiger partial charge in [-0.1, -0.05) is 48.5 Å². The van der Waals surface area contributed by atoms with Gasteiger partial charge in [-0.2, -0.15) is 10.2 Å². The van der Waals surface area contributed by atoms with Crippen molar-refractivity contribution in [2.45, 2.75) is 18.9 Å². The van der Waals surface area contributed by atoms with Gasteiger partial charge in [-0.05, 0) is 71.1 Å². The molecule has 0 amide bonds. The highest BCUT2D eigenvalue weighted by Gasteiger charge is 2.21. The number of aromatic nitrogens is 2. The molecule has 1 atom stereocenters. The van der Waals surface area contributed by atoms with Crippen molar-refractivity contribution >= 4 is 10.8 Å². The van der Waals surface area contributed by atoms with Crippen LogP contribution < -0.4 is 5.32 Å². The first kappa shape index (κ1) is 16.2. The second-order valence-electron chi connectivity index (χ2n) is 7.12. The van der Waals surface area contributed by atoms with E-state index in [2.05, 4.69) is 76.2 Å². The predicted molar refractivity (Wildman–Crippen MR) is 110 cm³/mol. The number of benzene rings is 3. The van der Waals surface area contributed by atoms with Gasteiger partial charge in [0.15, 0.2) is 0 Å². The van der Waals surface area contributed by atoms with Gasteiger partial charge in [-0.25, -0.2) is 0 Å². The van der Waals surface area contributed by atoms with Crippen LogP contribution in [0.4, 0.5) is 0 Å². The average molecular weight is 351 g/mol. The summed E-state index contributed by atoms with van der Waals surface area (Å²) >= 11 is 0. The third-order valence-electron chi connectivity index (χ3n) is 5.40. The average Bonchev–Trinajstić information content (AvgIpc) is 2.96. The highest BCUT2D eigenvalue weighted by molar-refractivity contribution is 5.83. The Morgan fingerprint density at radius 3 is 2.67 bits per heavy atom. The summed E-state index contributed by atoms with van der Waals surface area (Å²) in [6, 6.07) is 26.2. The summed E-state index contributed by atoms with van der Waals surface area (Å²) in [6.45, 7) is 1.02. The van der Waals surface area contributed by atoms with Crippen molar-refractivity contribution in [2.24, 2.45) is 0 Å². The van der Waals surface area contributed by atoms with Crippen molar-refractivity contribution < 1.29 is 0 Å². The van der Waals surface area contributed by atoms with Gasteiger partial charge in [0, 0.05) is 11.8 Å². The number of hydrogen-bond donors (Lipinski definition) is 1. The van der Waals surface area contributed by atoms with Crippen molar-refractivity contribution in [1.29, 1.82) is 0 Å². The molecule has 0 bridgehead atoms. The van der Waals surface area contributed by atoms with Crippen molar-refractivity contribution in [3.8, 4) is 11.3 Å². The van der Waals surface area contributed by atoms with Crippen LogP contribution in [-0.4, -0.2) is 16.7 Å². The maximum Gasteiger partial charge on any atom is 0.0929 e. The maximum atomic E-state index is 4.29. The Kier molecular flexibility index (Phi) is 4.15. The van der Waals surface area contributed by atoms with Gasteiger partial charge in [-0.3, -0.25) is 0 Å². The first-order valence-electron chi connectivity index (χ1n) is 9.51. The van der Waals surface area contributed by atoms with E-state index in [4.69, 9.17) is 0 Å². The fourth-order valence-corrected chi connectivity index (χ4v) is 4.03. The third-order valence-corrected chi connectivity index (χ3v) is 5.40. The lowest BCUT2D eigenvalue weighted by Crippen LogP contribution is -2.22. The van der Waals surface area contributed by atoms with Crippen LogP contribution in [0.5, 0.6) is 0 Å². The van der Waals surface area contributed by atoms with Crippen LogP contribution >= 0.6 is 0 Å². The molecule has 1 aliphatic rings. The van der Waals surface area contributed by atoms with Gasteiger partial charge in [0.05, 0.1) is 11.7 Å². The van der Waals surface area contributed by atoms with E-state index in [9.17, 15) is 0 Å². The lowest BCUT2D eigenvalue weighted by molar-refractivity contribution is 0.610. The quantitative estimate of drug-likeness (QED) is 0.557. The topological polar surface area (TPSA) is 37.8 Å². The number of nitrogens with one attached hydrogen (secondary N) is 1. The summed E-state index contributed by atoms with van der Waals surface area (Å²) in [6.07, 6.45) is 3.97. The van der Waals surface area contributed by atoms with Gasteiger partial charge in [-0.15, -0.1) is 0 Å². The highest BCUT2D eigenvalue weighted by Crippen LogP contribution is 2.33. The minimum Gasteiger partial charge on any atom is -0.306 e. The van der Waals surface area contributed by atoms with E-state index < -0.39 is 0 Å². The van der Waals surface area contributed by atoms with Crippen molar-refractivity contribution in [1.82, 2.24) is 15.5 Å². The second kappa shape index (κ2) is 6.93. The summed E-state index contributed by atoms with van der Waals surface area (Å²) in [5.41, 5.74) is 6.13. The molecule has 4 aromatic rings. The number of nitrogens with zero attached hydrogens (tertiary/aromatic N) is 2. The van der Waals surface area contributed by atoms with Crippen molar-refractivity contribution in [3.05, 3.63) is 95.7 Å². The summed E-state index contributed by atoms with van der Waals surface area (Å²) in [5.74, 6) is 0. The molecule has 0 saturated carbocycles. The first-order valence-corrected chi connectivity index (χ1v) is 9.51. The molecule has 132 valence electrons. The molecule has 0 aliphatic carbocycles. The highest BCUT2D eigenvalue weighted by atomic mass is 15.1. The third kappa shape index (κ3) is 3.11. The van der Waals surface area contributed by atoms with Crippen molar-refractivity contribution in [2.75, 3.05) is 6.54 Å². The molecule has 1 N–H and O–H groups in total. The van der Waals surface area contributed by atoms with E-state index in [0.717, 1.165) is 30.6 Å². The molecule has 0 fully saturated rings. The molecule has 0 radical (unpaired) electrons. The summed E-state index contributed by atoms with van der Waals surface area (Å²) in [4.78, 5) is 0. The zero-order valence-electron chi connectivity index (χ0n) is 15.1. The normalized spacial score (nSPS) is 16.7. The number of rotatable bonds is 2. The van der Waals surface area contributed by atoms with Crippen LogP contribution in [0.2, 0.25) is 0 Å². The van der Waals surface area contributed by atoms with Gasteiger partial charge in [0.2, 0.25) is 0 Å². The lowest BCUT2D eigenvalue weighted by atomic mass is 9.90. The van der Waals surface area contributed by atoms with Crippen LogP contribution in [0.25, 0.3) is 22.0 Å². The van der Waals surface area contributed by atoms with E-state index >= 15 is 0 Å². The Balaban J connectivity index is 1.63. The molecule has 1 aliphatic heterocycles.